The Kier molecular flexibility index (Phi) is 8.33. The van der Waals surface area contributed by atoms with Gasteiger partial charge in [0.1, 0.15) is 5.65 Å². The molecule has 0 aliphatic heterocycles. The zero-order valence-corrected chi connectivity index (χ0v) is 28.6. The molecule has 0 atom stereocenters. The fraction of sp³-hybridized carbons (Fsp3) is 0.0476. The van der Waals surface area contributed by atoms with E-state index in [0.717, 1.165) is 66.1 Å². The van der Waals surface area contributed by atoms with Crippen molar-refractivity contribution in [2.45, 2.75) is 13.5 Å². The molecular weight excluding hydrogens is 659 g/mol. The van der Waals surface area contributed by atoms with Gasteiger partial charge in [-0.3, -0.25) is 14.0 Å². The van der Waals surface area contributed by atoms with Crippen molar-refractivity contribution in [3.8, 4) is 0 Å². The number of aromatic nitrogens is 3. The number of halogens is 2. The maximum absolute atomic E-state index is 6.29. The number of aryl methyl sites for hydroxylation is 1. The first-order valence-corrected chi connectivity index (χ1v) is 16.9. The molecule has 0 saturated heterocycles. The summed E-state index contributed by atoms with van der Waals surface area (Å²) in [5.41, 5.74) is 7.56. The summed E-state index contributed by atoms with van der Waals surface area (Å²) in [6, 6.07) is 46.4. The lowest BCUT2D eigenvalue weighted by molar-refractivity contribution is 1.06. The highest BCUT2D eigenvalue weighted by molar-refractivity contribution is 6.31. The van der Waals surface area contributed by atoms with Crippen molar-refractivity contribution in [2.24, 2.45) is 15.0 Å². The predicted molar refractivity (Wildman–Crippen MR) is 211 cm³/mol. The first-order chi connectivity index (χ1) is 24.5. The lowest BCUT2D eigenvalue weighted by Crippen LogP contribution is -2.13. The summed E-state index contributed by atoms with van der Waals surface area (Å²) in [6.45, 7) is 6.52. The van der Waals surface area contributed by atoms with E-state index in [9.17, 15) is 0 Å². The smallest absolute Gasteiger partial charge is 0.236 e. The SMILES string of the molecule is C=NC(=NC(=NCc1ccc(Cl)cc1)c1ccc(Cl)cc1)n1c2ccccc2c2ccc3c(cccccc(C)n4c5ccccc5nc34)c21. The first kappa shape index (κ1) is 31.4. The number of nitrogens with zero attached hydrogens (tertiary/aromatic N) is 6. The molecule has 8 rings (SSSR count). The first-order valence-electron chi connectivity index (χ1n) is 16.2. The molecule has 8 aromatic rings. The summed E-state index contributed by atoms with van der Waals surface area (Å²) in [4.78, 5) is 19.9. The van der Waals surface area contributed by atoms with Crippen molar-refractivity contribution in [2.75, 3.05) is 0 Å². The maximum atomic E-state index is 6.29. The molecule has 0 saturated carbocycles. The van der Waals surface area contributed by atoms with Crippen LogP contribution in [0.15, 0.2) is 155 Å². The van der Waals surface area contributed by atoms with Gasteiger partial charge in [-0.2, -0.15) is 4.99 Å². The van der Waals surface area contributed by atoms with Gasteiger partial charge in [0.15, 0.2) is 5.84 Å². The summed E-state index contributed by atoms with van der Waals surface area (Å²) in [6.07, 6.45) is 0. The van der Waals surface area contributed by atoms with E-state index in [1.807, 2.05) is 72.8 Å². The van der Waals surface area contributed by atoms with Crippen LogP contribution in [-0.4, -0.2) is 32.5 Å². The van der Waals surface area contributed by atoms with Gasteiger partial charge < -0.3 is 0 Å². The Morgan fingerprint density at radius 1 is 0.660 bits per heavy atom. The molecule has 3 heterocycles. The van der Waals surface area contributed by atoms with E-state index >= 15 is 0 Å². The Bertz CT molecular complexity index is 2720. The van der Waals surface area contributed by atoms with Crippen LogP contribution >= 0.6 is 23.2 Å². The molecule has 0 aliphatic rings. The van der Waals surface area contributed by atoms with Crippen molar-refractivity contribution in [3.05, 3.63) is 166 Å². The van der Waals surface area contributed by atoms with E-state index in [2.05, 4.69) is 94.3 Å². The number of aliphatic imine (C=N–C) groups is 3. The minimum absolute atomic E-state index is 0.389. The molecule has 0 unspecified atom stereocenters. The molecule has 0 amide bonds. The van der Waals surface area contributed by atoms with E-state index < -0.39 is 0 Å². The van der Waals surface area contributed by atoms with Crippen molar-refractivity contribution in [1.82, 2.24) is 14.0 Å². The van der Waals surface area contributed by atoms with E-state index in [-0.39, 0.29) is 0 Å². The van der Waals surface area contributed by atoms with Gasteiger partial charge >= 0.3 is 0 Å². The zero-order valence-electron chi connectivity index (χ0n) is 27.1. The molecule has 5 aromatic carbocycles. The Hall–Kier alpha value is -5.82. The third-order valence-electron chi connectivity index (χ3n) is 8.83. The lowest BCUT2D eigenvalue weighted by Gasteiger charge is -2.10. The van der Waals surface area contributed by atoms with Crippen LogP contribution in [0.4, 0.5) is 0 Å². The van der Waals surface area contributed by atoms with Crippen LogP contribution < -0.4 is 0 Å². The fourth-order valence-corrected chi connectivity index (χ4v) is 6.75. The van der Waals surface area contributed by atoms with Crippen LogP contribution in [0.3, 0.4) is 0 Å². The van der Waals surface area contributed by atoms with Gasteiger partial charge in [-0.15, -0.1) is 0 Å². The van der Waals surface area contributed by atoms with Gasteiger partial charge in [-0.25, -0.2) is 9.98 Å². The highest BCUT2D eigenvalue weighted by Crippen LogP contribution is 2.36. The van der Waals surface area contributed by atoms with Crippen LogP contribution in [0, 0.1) is 6.92 Å². The van der Waals surface area contributed by atoms with Gasteiger partial charge in [0.2, 0.25) is 5.96 Å². The number of fused-ring (bicyclic) bond motifs is 9. The van der Waals surface area contributed by atoms with Gasteiger partial charge in [-0.05, 0) is 85.9 Å². The summed E-state index contributed by atoms with van der Waals surface area (Å²) >= 11 is 12.5. The molecule has 242 valence electrons. The van der Waals surface area contributed by atoms with Crippen molar-refractivity contribution in [1.29, 1.82) is 0 Å². The quantitative estimate of drug-likeness (QED) is 0.135. The Morgan fingerprint density at radius 3 is 2.06 bits per heavy atom. The summed E-state index contributed by atoms with van der Waals surface area (Å²) in [5.74, 6) is 0.887. The summed E-state index contributed by atoms with van der Waals surface area (Å²) in [5, 5.41) is 5.39. The van der Waals surface area contributed by atoms with Crippen LogP contribution in [0.1, 0.15) is 16.8 Å². The Labute approximate surface area is 298 Å². The number of benzene rings is 5. The highest BCUT2D eigenvalue weighted by Gasteiger charge is 2.19. The van der Waals surface area contributed by atoms with E-state index in [1.165, 1.54) is 0 Å². The van der Waals surface area contributed by atoms with Crippen molar-refractivity contribution < 1.29 is 0 Å². The normalized spacial score (nSPS) is 12.3. The highest BCUT2D eigenvalue weighted by atomic mass is 35.5. The number of imidazole rings is 1. The van der Waals surface area contributed by atoms with Gasteiger partial charge in [0.05, 0.1) is 28.6 Å². The molecule has 8 heteroatoms. The van der Waals surface area contributed by atoms with Crippen LogP contribution in [-0.2, 0) is 6.54 Å². The number of hydrogen-bond acceptors (Lipinski definition) is 2. The van der Waals surface area contributed by atoms with E-state index in [0.29, 0.717) is 28.4 Å². The Morgan fingerprint density at radius 2 is 1.28 bits per heavy atom. The second-order valence-corrected chi connectivity index (χ2v) is 12.8. The minimum atomic E-state index is 0.389. The average Bonchev–Trinajstić information content (AvgIpc) is 3.69. The standard InChI is InChI=1S/C42H30Cl2N6/c1-27-10-4-3-5-12-33-35(41-47-36-13-7-9-15-38(36)49(27)41)25-24-34-32-11-6-8-14-37(32)50(39(33)34)42(45-2)48-40(29-18-22-31(44)23-19-29)46-26-28-16-20-30(43)21-17-28/h3-25H,2,26H2,1H3. The summed E-state index contributed by atoms with van der Waals surface area (Å²) < 4.78 is 4.30. The average molecular weight is 690 g/mol. The third kappa shape index (κ3) is 5.68. The van der Waals surface area contributed by atoms with Crippen LogP contribution in [0.2, 0.25) is 10.0 Å². The number of amidine groups is 1. The fourth-order valence-electron chi connectivity index (χ4n) is 6.50. The predicted octanol–water partition coefficient (Wildman–Crippen LogP) is 11.0. The molecule has 0 fully saturated rings. The topological polar surface area (TPSA) is 59.3 Å². The van der Waals surface area contributed by atoms with Gasteiger partial charge in [-0.1, -0.05) is 96.0 Å². The molecule has 0 aliphatic carbocycles. The molecule has 0 N–H and O–H groups in total. The van der Waals surface area contributed by atoms with Crippen LogP contribution in [0.25, 0.3) is 49.3 Å². The second-order valence-electron chi connectivity index (χ2n) is 11.9. The molecule has 6 nitrogen and oxygen atoms in total. The monoisotopic (exact) mass is 688 g/mol. The van der Waals surface area contributed by atoms with Crippen LogP contribution in [0.5, 0.6) is 0 Å². The number of hydrogen-bond donors (Lipinski definition) is 0. The maximum Gasteiger partial charge on any atom is 0.236 e. The largest absolute Gasteiger partial charge is 0.296 e. The third-order valence-corrected chi connectivity index (χ3v) is 9.33. The minimum Gasteiger partial charge on any atom is -0.296 e. The van der Waals surface area contributed by atoms with E-state index in [4.69, 9.17) is 38.2 Å². The molecule has 50 heavy (non-hydrogen) atoms. The van der Waals surface area contributed by atoms with Crippen molar-refractivity contribution >= 4 is 91.0 Å². The lowest BCUT2D eigenvalue weighted by atomic mass is 10.1. The van der Waals surface area contributed by atoms with E-state index in [1.54, 1.807) is 0 Å². The second kappa shape index (κ2) is 13.2. The summed E-state index contributed by atoms with van der Waals surface area (Å²) in [7, 11) is 0. The molecular formula is C42H30Cl2N6. The van der Waals surface area contributed by atoms with Gasteiger partial charge in [0, 0.05) is 42.8 Å². The number of rotatable bonds is 3. The molecule has 0 radical (unpaired) electrons. The molecule has 3 aromatic heterocycles. The Balaban J connectivity index is 1.47. The zero-order chi connectivity index (χ0) is 34.2. The molecule has 0 spiro atoms. The van der Waals surface area contributed by atoms with Gasteiger partial charge in [0.25, 0.3) is 0 Å². The van der Waals surface area contributed by atoms with Crippen molar-refractivity contribution in [3.63, 3.8) is 0 Å². The molecule has 0 bridgehead atoms. The number of para-hydroxylation sites is 3.